The Balaban J connectivity index is 2.63. The smallest absolute Gasteiger partial charge is 0.289 e. The standard InChI is InChI=1S/C10H15ClN4O2/c1-7(4-12-2)5-13-10-9(11)3-8(6-14-10)15(16)17/h3,6-7,12H,4-5H2,1-2H3,(H,13,14). The van der Waals surface area contributed by atoms with Gasteiger partial charge in [0, 0.05) is 12.6 Å². The van der Waals surface area contributed by atoms with Crippen LogP contribution in [0, 0.1) is 16.0 Å². The SMILES string of the molecule is CNCC(C)CNc1ncc([N+](=O)[O-])cc1Cl. The van der Waals surface area contributed by atoms with Crippen molar-refractivity contribution in [2.75, 3.05) is 25.5 Å². The van der Waals surface area contributed by atoms with Crippen LogP contribution in [0.1, 0.15) is 6.92 Å². The zero-order valence-corrected chi connectivity index (χ0v) is 10.5. The molecular weight excluding hydrogens is 244 g/mol. The Hall–Kier alpha value is -1.40. The molecule has 1 rings (SSSR count). The van der Waals surface area contributed by atoms with Crippen LogP contribution in [0.2, 0.25) is 5.02 Å². The van der Waals surface area contributed by atoms with Crippen molar-refractivity contribution < 1.29 is 4.92 Å². The second-order valence-electron chi connectivity index (χ2n) is 3.82. The fraction of sp³-hybridized carbons (Fsp3) is 0.500. The van der Waals surface area contributed by atoms with Gasteiger partial charge in [0.1, 0.15) is 12.0 Å². The Morgan fingerprint density at radius 3 is 2.82 bits per heavy atom. The van der Waals surface area contributed by atoms with Gasteiger partial charge in [-0.15, -0.1) is 0 Å². The average molecular weight is 259 g/mol. The Morgan fingerprint density at radius 2 is 2.29 bits per heavy atom. The van der Waals surface area contributed by atoms with E-state index in [1.165, 1.54) is 12.3 Å². The molecule has 1 atom stereocenters. The first kappa shape index (κ1) is 13.7. The molecule has 6 nitrogen and oxygen atoms in total. The first-order chi connectivity index (χ1) is 8.04. The van der Waals surface area contributed by atoms with Crippen molar-refractivity contribution >= 4 is 23.1 Å². The second-order valence-corrected chi connectivity index (χ2v) is 4.23. The molecule has 2 N–H and O–H groups in total. The molecule has 7 heteroatoms. The van der Waals surface area contributed by atoms with E-state index in [0.29, 0.717) is 18.3 Å². The number of hydrogen-bond acceptors (Lipinski definition) is 5. The fourth-order valence-corrected chi connectivity index (χ4v) is 1.58. The lowest BCUT2D eigenvalue weighted by atomic mass is 10.2. The first-order valence-electron chi connectivity index (χ1n) is 5.23. The van der Waals surface area contributed by atoms with Crippen LogP contribution < -0.4 is 10.6 Å². The van der Waals surface area contributed by atoms with Gasteiger partial charge in [-0.1, -0.05) is 18.5 Å². The maximum Gasteiger partial charge on any atom is 0.289 e. The van der Waals surface area contributed by atoms with Crippen LogP contribution in [0.5, 0.6) is 0 Å². The van der Waals surface area contributed by atoms with Crippen LogP contribution >= 0.6 is 11.6 Å². The molecule has 0 fully saturated rings. The number of aromatic nitrogens is 1. The summed E-state index contributed by atoms with van der Waals surface area (Å²) in [6, 6.07) is 1.29. The van der Waals surface area contributed by atoms with Gasteiger partial charge >= 0.3 is 0 Å². The minimum absolute atomic E-state index is 0.108. The highest BCUT2D eigenvalue weighted by molar-refractivity contribution is 6.33. The normalized spacial score (nSPS) is 12.2. The second kappa shape index (κ2) is 6.36. The highest BCUT2D eigenvalue weighted by Gasteiger charge is 2.11. The third kappa shape index (κ3) is 4.16. The molecule has 94 valence electrons. The zero-order chi connectivity index (χ0) is 12.8. The van der Waals surface area contributed by atoms with Crippen molar-refractivity contribution in [1.29, 1.82) is 0 Å². The Bertz CT molecular complexity index is 400. The molecule has 0 saturated carbocycles. The summed E-state index contributed by atoms with van der Waals surface area (Å²) >= 11 is 5.89. The van der Waals surface area contributed by atoms with Gasteiger partial charge in [-0.3, -0.25) is 10.1 Å². The van der Waals surface area contributed by atoms with Crippen molar-refractivity contribution in [2.24, 2.45) is 5.92 Å². The van der Waals surface area contributed by atoms with Crippen molar-refractivity contribution in [3.63, 3.8) is 0 Å². The molecule has 1 unspecified atom stereocenters. The van der Waals surface area contributed by atoms with Gasteiger partial charge in [0.15, 0.2) is 0 Å². The van der Waals surface area contributed by atoms with Crippen LogP contribution in [0.3, 0.4) is 0 Å². The summed E-state index contributed by atoms with van der Waals surface area (Å²) in [7, 11) is 1.88. The first-order valence-corrected chi connectivity index (χ1v) is 5.60. The summed E-state index contributed by atoms with van der Waals surface area (Å²) < 4.78 is 0. The van der Waals surface area contributed by atoms with Gasteiger partial charge in [-0.05, 0) is 19.5 Å². The average Bonchev–Trinajstić information content (AvgIpc) is 2.27. The van der Waals surface area contributed by atoms with E-state index >= 15 is 0 Å². The summed E-state index contributed by atoms with van der Waals surface area (Å²) in [5.41, 5.74) is -0.108. The zero-order valence-electron chi connectivity index (χ0n) is 9.74. The van der Waals surface area contributed by atoms with E-state index in [2.05, 4.69) is 22.5 Å². The molecule has 1 heterocycles. The van der Waals surface area contributed by atoms with Crippen LogP contribution in [0.4, 0.5) is 11.5 Å². The van der Waals surface area contributed by atoms with Crippen LogP contribution in [0.25, 0.3) is 0 Å². The van der Waals surface area contributed by atoms with E-state index in [-0.39, 0.29) is 10.7 Å². The molecule has 0 saturated heterocycles. The maximum absolute atomic E-state index is 10.5. The Labute approximate surface area is 105 Å². The predicted octanol–water partition coefficient (Wildman–Crippen LogP) is 1.91. The number of halogens is 1. The predicted molar refractivity (Wildman–Crippen MR) is 67.5 cm³/mol. The molecule has 0 aliphatic rings. The van der Waals surface area contributed by atoms with E-state index in [4.69, 9.17) is 11.6 Å². The topological polar surface area (TPSA) is 80.1 Å². The van der Waals surface area contributed by atoms with Gasteiger partial charge in [-0.25, -0.2) is 4.98 Å². The minimum atomic E-state index is -0.522. The van der Waals surface area contributed by atoms with Crippen molar-refractivity contribution in [3.05, 3.63) is 27.4 Å². The van der Waals surface area contributed by atoms with Crippen LogP contribution in [-0.4, -0.2) is 30.0 Å². The van der Waals surface area contributed by atoms with Gasteiger partial charge in [0.05, 0.1) is 9.95 Å². The number of rotatable bonds is 6. The molecule has 0 radical (unpaired) electrons. The molecule has 17 heavy (non-hydrogen) atoms. The lowest BCUT2D eigenvalue weighted by Gasteiger charge is -2.12. The Kier molecular flexibility index (Phi) is 5.11. The number of hydrogen-bond donors (Lipinski definition) is 2. The highest BCUT2D eigenvalue weighted by atomic mass is 35.5. The summed E-state index contributed by atoms with van der Waals surface area (Å²) in [5.74, 6) is 0.883. The van der Waals surface area contributed by atoms with Gasteiger partial charge in [-0.2, -0.15) is 0 Å². The largest absolute Gasteiger partial charge is 0.369 e. The molecular formula is C10H15ClN4O2. The van der Waals surface area contributed by atoms with Gasteiger partial charge in [0.25, 0.3) is 5.69 Å². The molecule has 1 aromatic rings. The lowest BCUT2D eigenvalue weighted by molar-refractivity contribution is -0.385. The van der Waals surface area contributed by atoms with E-state index in [1.54, 1.807) is 0 Å². The summed E-state index contributed by atoms with van der Waals surface area (Å²) in [6.45, 7) is 3.64. The summed E-state index contributed by atoms with van der Waals surface area (Å²) in [5, 5.41) is 16.9. The number of nitrogens with zero attached hydrogens (tertiary/aromatic N) is 2. The number of anilines is 1. The van der Waals surface area contributed by atoms with Crippen LogP contribution in [-0.2, 0) is 0 Å². The molecule has 0 bridgehead atoms. The van der Waals surface area contributed by atoms with E-state index in [0.717, 1.165) is 6.54 Å². The monoisotopic (exact) mass is 258 g/mol. The number of nitrogens with one attached hydrogen (secondary N) is 2. The lowest BCUT2D eigenvalue weighted by Crippen LogP contribution is -2.23. The van der Waals surface area contributed by atoms with Crippen LogP contribution in [0.15, 0.2) is 12.3 Å². The Morgan fingerprint density at radius 1 is 1.59 bits per heavy atom. The van der Waals surface area contributed by atoms with Crippen molar-refractivity contribution in [2.45, 2.75) is 6.92 Å². The van der Waals surface area contributed by atoms with Gasteiger partial charge in [0.2, 0.25) is 0 Å². The molecule has 0 spiro atoms. The minimum Gasteiger partial charge on any atom is -0.369 e. The number of pyridine rings is 1. The van der Waals surface area contributed by atoms with E-state index in [1.807, 2.05) is 7.05 Å². The van der Waals surface area contributed by atoms with Crippen molar-refractivity contribution in [3.8, 4) is 0 Å². The molecule has 0 amide bonds. The van der Waals surface area contributed by atoms with Gasteiger partial charge < -0.3 is 10.6 Å². The van der Waals surface area contributed by atoms with E-state index in [9.17, 15) is 10.1 Å². The summed E-state index contributed by atoms with van der Waals surface area (Å²) in [6.07, 6.45) is 1.19. The maximum atomic E-state index is 10.5. The quantitative estimate of drug-likeness (QED) is 0.602. The summed E-state index contributed by atoms with van der Waals surface area (Å²) in [4.78, 5) is 13.9. The van der Waals surface area contributed by atoms with Crippen molar-refractivity contribution in [1.82, 2.24) is 10.3 Å². The third-order valence-corrected chi connectivity index (χ3v) is 2.50. The molecule has 0 aliphatic carbocycles. The highest BCUT2D eigenvalue weighted by Crippen LogP contribution is 2.23. The number of nitro groups is 1. The fourth-order valence-electron chi connectivity index (χ4n) is 1.35. The van der Waals surface area contributed by atoms with E-state index < -0.39 is 4.92 Å². The third-order valence-electron chi connectivity index (χ3n) is 2.21. The molecule has 1 aromatic heterocycles. The molecule has 0 aliphatic heterocycles. The molecule has 0 aromatic carbocycles.